The fourth-order valence-electron chi connectivity index (χ4n) is 3.62. The average Bonchev–Trinajstić information content (AvgIpc) is 2.64. The van der Waals surface area contributed by atoms with Crippen LogP contribution in [0.3, 0.4) is 0 Å². The van der Waals surface area contributed by atoms with Crippen LogP contribution in [0, 0.1) is 12.8 Å². The van der Waals surface area contributed by atoms with Crippen LogP contribution in [0.1, 0.15) is 43.2 Å². The summed E-state index contributed by atoms with van der Waals surface area (Å²) in [6.07, 6.45) is 5.98. The largest absolute Gasteiger partial charge is 0.243 e. The van der Waals surface area contributed by atoms with Crippen molar-refractivity contribution in [2.45, 2.75) is 50.5 Å². The lowest BCUT2D eigenvalue weighted by Crippen LogP contribution is -2.35. The minimum atomic E-state index is -3.48. The molecular formula is C21H27NO2S. The topological polar surface area (TPSA) is 37.4 Å². The zero-order valence-corrected chi connectivity index (χ0v) is 15.7. The smallest absolute Gasteiger partial charge is 0.207 e. The highest BCUT2D eigenvalue weighted by Gasteiger charge is 2.28. The van der Waals surface area contributed by atoms with Crippen LogP contribution in [-0.4, -0.2) is 19.3 Å². The fourth-order valence-corrected chi connectivity index (χ4v) is 5.14. The van der Waals surface area contributed by atoms with Crippen molar-refractivity contribution < 1.29 is 8.42 Å². The second kappa shape index (κ2) is 8.15. The molecule has 4 heteroatoms. The molecule has 0 amide bonds. The Morgan fingerprint density at radius 2 is 1.56 bits per heavy atom. The van der Waals surface area contributed by atoms with Gasteiger partial charge < -0.3 is 0 Å². The van der Waals surface area contributed by atoms with Gasteiger partial charge in [-0.1, -0.05) is 61.7 Å². The number of hydrogen-bond donors (Lipinski definition) is 0. The van der Waals surface area contributed by atoms with Crippen molar-refractivity contribution in [3.05, 3.63) is 65.7 Å². The molecule has 1 saturated carbocycles. The van der Waals surface area contributed by atoms with Crippen LogP contribution in [-0.2, 0) is 16.6 Å². The van der Waals surface area contributed by atoms with E-state index < -0.39 is 10.0 Å². The highest BCUT2D eigenvalue weighted by molar-refractivity contribution is 7.89. The lowest BCUT2D eigenvalue weighted by atomic mass is 9.89. The maximum absolute atomic E-state index is 13.2. The molecule has 3 nitrogen and oxygen atoms in total. The molecule has 0 unspecified atom stereocenters. The van der Waals surface area contributed by atoms with Crippen molar-refractivity contribution >= 4 is 10.0 Å². The molecule has 2 aromatic carbocycles. The molecule has 1 aliphatic rings. The monoisotopic (exact) mass is 357 g/mol. The lowest BCUT2D eigenvalue weighted by molar-refractivity contribution is 0.275. The van der Waals surface area contributed by atoms with Crippen LogP contribution in [0.15, 0.2) is 59.5 Å². The second-order valence-electron chi connectivity index (χ2n) is 7.04. The summed E-state index contributed by atoms with van der Waals surface area (Å²) < 4.78 is 28.2. The molecular weight excluding hydrogens is 330 g/mol. The van der Waals surface area contributed by atoms with E-state index in [9.17, 15) is 8.42 Å². The molecule has 0 heterocycles. The van der Waals surface area contributed by atoms with E-state index >= 15 is 0 Å². The van der Waals surface area contributed by atoms with E-state index in [0.29, 0.717) is 23.9 Å². The maximum Gasteiger partial charge on any atom is 0.243 e. The average molecular weight is 358 g/mol. The van der Waals surface area contributed by atoms with Crippen LogP contribution in [0.25, 0.3) is 0 Å². The van der Waals surface area contributed by atoms with Gasteiger partial charge in [0.2, 0.25) is 10.0 Å². The number of rotatable bonds is 6. The molecule has 0 N–H and O–H groups in total. The quantitative estimate of drug-likeness (QED) is 0.747. The highest BCUT2D eigenvalue weighted by atomic mass is 32.2. The Morgan fingerprint density at radius 3 is 2.24 bits per heavy atom. The SMILES string of the molecule is Cc1ccccc1CN(CC1CCCCC1)S(=O)(=O)c1ccccc1. The van der Waals surface area contributed by atoms with E-state index in [1.807, 2.05) is 37.3 Å². The van der Waals surface area contributed by atoms with Crippen LogP contribution >= 0.6 is 0 Å². The van der Waals surface area contributed by atoms with Gasteiger partial charge in [0.05, 0.1) is 4.90 Å². The third-order valence-corrected chi connectivity index (χ3v) is 7.00. The van der Waals surface area contributed by atoms with Gasteiger partial charge in [-0.3, -0.25) is 0 Å². The molecule has 0 aromatic heterocycles. The van der Waals surface area contributed by atoms with E-state index in [0.717, 1.165) is 24.0 Å². The summed E-state index contributed by atoms with van der Waals surface area (Å²) in [6, 6.07) is 16.9. The van der Waals surface area contributed by atoms with E-state index in [1.165, 1.54) is 19.3 Å². The zero-order valence-electron chi connectivity index (χ0n) is 14.9. The molecule has 1 aliphatic carbocycles. The van der Waals surface area contributed by atoms with Gasteiger partial charge >= 0.3 is 0 Å². The molecule has 0 radical (unpaired) electrons. The first-order valence-electron chi connectivity index (χ1n) is 9.17. The minimum absolute atomic E-state index is 0.388. The first-order chi connectivity index (χ1) is 12.1. The van der Waals surface area contributed by atoms with Crippen LogP contribution < -0.4 is 0 Å². The molecule has 0 atom stereocenters. The third kappa shape index (κ3) is 4.50. The van der Waals surface area contributed by atoms with Gasteiger partial charge in [0.15, 0.2) is 0 Å². The molecule has 134 valence electrons. The number of aryl methyl sites for hydroxylation is 1. The summed E-state index contributed by atoms with van der Waals surface area (Å²) in [7, 11) is -3.48. The first kappa shape index (κ1) is 18.2. The van der Waals surface area contributed by atoms with Crippen LogP contribution in [0.4, 0.5) is 0 Å². The van der Waals surface area contributed by atoms with E-state index in [1.54, 1.807) is 28.6 Å². The molecule has 25 heavy (non-hydrogen) atoms. The molecule has 3 rings (SSSR count). The summed E-state index contributed by atoms with van der Waals surface area (Å²) in [5.41, 5.74) is 2.22. The number of benzene rings is 2. The Balaban J connectivity index is 1.89. The van der Waals surface area contributed by atoms with E-state index in [2.05, 4.69) is 0 Å². The highest BCUT2D eigenvalue weighted by Crippen LogP contribution is 2.28. The second-order valence-corrected chi connectivity index (χ2v) is 8.98. The Hall–Kier alpha value is -1.65. The predicted molar refractivity (Wildman–Crippen MR) is 102 cm³/mol. The minimum Gasteiger partial charge on any atom is -0.207 e. The Labute approximate surface area is 151 Å². The zero-order chi connectivity index (χ0) is 17.7. The summed E-state index contributed by atoms with van der Waals surface area (Å²) in [5.74, 6) is 0.469. The Bertz CT molecular complexity index is 781. The van der Waals surface area contributed by atoms with Gasteiger partial charge in [0, 0.05) is 13.1 Å². The van der Waals surface area contributed by atoms with Gasteiger partial charge in [0.25, 0.3) is 0 Å². The van der Waals surface area contributed by atoms with Gasteiger partial charge in [-0.25, -0.2) is 8.42 Å². The summed E-state index contributed by atoms with van der Waals surface area (Å²) in [5, 5.41) is 0. The normalized spacial score (nSPS) is 16.2. The maximum atomic E-state index is 13.2. The van der Waals surface area contributed by atoms with Gasteiger partial charge in [-0.05, 0) is 48.9 Å². The third-order valence-electron chi connectivity index (χ3n) is 5.18. The molecule has 0 aliphatic heterocycles. The van der Waals surface area contributed by atoms with Crippen molar-refractivity contribution in [3.8, 4) is 0 Å². The number of sulfonamides is 1. The van der Waals surface area contributed by atoms with Crippen LogP contribution in [0.5, 0.6) is 0 Å². The molecule has 0 saturated heterocycles. The summed E-state index contributed by atoms with van der Waals surface area (Å²) in [4.78, 5) is 0.388. The van der Waals surface area contributed by atoms with E-state index in [-0.39, 0.29) is 0 Å². The van der Waals surface area contributed by atoms with Crippen molar-refractivity contribution in [1.82, 2.24) is 4.31 Å². The molecule has 0 bridgehead atoms. The van der Waals surface area contributed by atoms with Crippen molar-refractivity contribution in [3.63, 3.8) is 0 Å². The van der Waals surface area contributed by atoms with Crippen LogP contribution in [0.2, 0.25) is 0 Å². The Kier molecular flexibility index (Phi) is 5.92. The summed E-state index contributed by atoms with van der Waals surface area (Å²) >= 11 is 0. The van der Waals surface area contributed by atoms with Crippen molar-refractivity contribution in [2.24, 2.45) is 5.92 Å². The number of hydrogen-bond acceptors (Lipinski definition) is 2. The summed E-state index contributed by atoms with van der Waals surface area (Å²) in [6.45, 7) is 3.11. The first-order valence-corrected chi connectivity index (χ1v) is 10.6. The Morgan fingerprint density at radius 1 is 0.920 bits per heavy atom. The molecule has 0 spiro atoms. The van der Waals surface area contributed by atoms with E-state index in [4.69, 9.17) is 0 Å². The predicted octanol–water partition coefficient (Wildman–Crippen LogP) is 4.77. The van der Waals surface area contributed by atoms with Gasteiger partial charge in [0.1, 0.15) is 0 Å². The van der Waals surface area contributed by atoms with Gasteiger partial charge in [-0.2, -0.15) is 4.31 Å². The van der Waals surface area contributed by atoms with Crippen molar-refractivity contribution in [1.29, 1.82) is 0 Å². The lowest BCUT2D eigenvalue weighted by Gasteiger charge is -2.29. The standard InChI is InChI=1S/C21H27NO2S/c1-18-10-8-9-13-20(18)17-22(16-19-11-4-2-5-12-19)25(23,24)21-14-6-3-7-15-21/h3,6-10,13-15,19H,2,4-5,11-12,16-17H2,1H3. The van der Waals surface area contributed by atoms with Crippen molar-refractivity contribution in [2.75, 3.05) is 6.54 Å². The molecule has 2 aromatic rings. The fraction of sp³-hybridized carbons (Fsp3) is 0.429. The number of nitrogens with zero attached hydrogens (tertiary/aromatic N) is 1. The molecule has 1 fully saturated rings. The van der Waals surface area contributed by atoms with Gasteiger partial charge in [-0.15, -0.1) is 0 Å².